The molecule has 0 amide bonds. The van der Waals surface area contributed by atoms with E-state index in [0.717, 1.165) is 6.33 Å². The summed E-state index contributed by atoms with van der Waals surface area (Å²) in [6, 6.07) is 0. The summed E-state index contributed by atoms with van der Waals surface area (Å²) in [4.78, 5) is 18.4. The summed E-state index contributed by atoms with van der Waals surface area (Å²) in [5.41, 5.74) is -0.0678. The average Bonchev–Trinajstić information content (AvgIpc) is 2.18. The van der Waals surface area contributed by atoms with Crippen LogP contribution in [0.1, 0.15) is 30.0 Å². The lowest BCUT2D eigenvalue weighted by Crippen LogP contribution is -2.12. The summed E-state index contributed by atoms with van der Waals surface area (Å²) in [6.07, 6.45) is 1.58. The highest BCUT2D eigenvalue weighted by Gasteiger charge is 2.17. The van der Waals surface area contributed by atoms with Crippen LogP contribution in [0.15, 0.2) is 6.33 Å². The van der Waals surface area contributed by atoms with Crippen LogP contribution in [0.3, 0.4) is 0 Å². The maximum atomic E-state index is 13.4. The van der Waals surface area contributed by atoms with Crippen LogP contribution in [-0.4, -0.2) is 22.5 Å². The van der Waals surface area contributed by atoms with Gasteiger partial charge in [0.2, 0.25) is 0 Å². The SMILES string of the molecule is CCOC(=O)c1ncnc(CC)c1F. The Bertz CT molecular complexity index is 342. The van der Waals surface area contributed by atoms with Gasteiger partial charge in [-0.25, -0.2) is 19.2 Å². The van der Waals surface area contributed by atoms with E-state index >= 15 is 0 Å². The number of aromatic nitrogens is 2. The molecule has 0 aliphatic heterocycles. The Kier molecular flexibility index (Phi) is 3.50. The largest absolute Gasteiger partial charge is 0.461 e. The molecule has 14 heavy (non-hydrogen) atoms. The number of esters is 1. The van der Waals surface area contributed by atoms with Crippen molar-refractivity contribution in [1.82, 2.24) is 9.97 Å². The molecular weight excluding hydrogens is 187 g/mol. The van der Waals surface area contributed by atoms with Crippen molar-refractivity contribution in [2.45, 2.75) is 20.3 Å². The Hall–Kier alpha value is -1.52. The highest BCUT2D eigenvalue weighted by molar-refractivity contribution is 5.87. The minimum atomic E-state index is -0.748. The molecule has 0 atom stereocenters. The molecule has 0 saturated carbocycles. The molecule has 0 aromatic carbocycles. The highest BCUT2D eigenvalue weighted by Crippen LogP contribution is 2.09. The van der Waals surface area contributed by atoms with Crippen molar-refractivity contribution in [3.63, 3.8) is 0 Å². The molecule has 0 radical (unpaired) electrons. The van der Waals surface area contributed by atoms with E-state index in [2.05, 4.69) is 14.7 Å². The van der Waals surface area contributed by atoms with E-state index < -0.39 is 11.8 Å². The van der Waals surface area contributed by atoms with Gasteiger partial charge >= 0.3 is 5.97 Å². The normalized spacial score (nSPS) is 9.93. The number of hydrogen-bond donors (Lipinski definition) is 0. The van der Waals surface area contributed by atoms with Crippen LogP contribution in [0.5, 0.6) is 0 Å². The maximum Gasteiger partial charge on any atom is 0.360 e. The van der Waals surface area contributed by atoms with E-state index in [1.165, 1.54) is 0 Å². The van der Waals surface area contributed by atoms with Crippen molar-refractivity contribution in [3.05, 3.63) is 23.5 Å². The van der Waals surface area contributed by atoms with E-state index in [-0.39, 0.29) is 18.0 Å². The Balaban J connectivity index is 3.03. The molecule has 4 nitrogen and oxygen atoms in total. The average molecular weight is 198 g/mol. The van der Waals surface area contributed by atoms with Gasteiger partial charge in [-0.2, -0.15) is 0 Å². The summed E-state index contributed by atoms with van der Waals surface area (Å²) >= 11 is 0. The van der Waals surface area contributed by atoms with Crippen molar-refractivity contribution in [2.75, 3.05) is 6.61 Å². The molecule has 0 saturated heterocycles. The van der Waals surface area contributed by atoms with Gasteiger partial charge in [-0.3, -0.25) is 0 Å². The molecule has 0 spiro atoms. The third-order valence-electron chi connectivity index (χ3n) is 1.67. The number of carbonyl (C=O) groups excluding carboxylic acids is 1. The molecule has 0 aliphatic carbocycles. The molecule has 1 heterocycles. The number of hydrogen-bond acceptors (Lipinski definition) is 4. The van der Waals surface area contributed by atoms with E-state index in [1.807, 2.05) is 0 Å². The standard InChI is InChI=1S/C9H11FN2O2/c1-3-6-7(10)8(12-5-11-6)9(13)14-4-2/h5H,3-4H2,1-2H3. The second-order valence-corrected chi connectivity index (χ2v) is 2.56. The van der Waals surface area contributed by atoms with Crippen molar-refractivity contribution >= 4 is 5.97 Å². The van der Waals surface area contributed by atoms with Gasteiger partial charge in [0.15, 0.2) is 11.5 Å². The fourth-order valence-corrected chi connectivity index (χ4v) is 0.995. The number of aryl methyl sites for hydroxylation is 1. The molecule has 76 valence electrons. The van der Waals surface area contributed by atoms with E-state index in [4.69, 9.17) is 0 Å². The molecular formula is C9H11FN2O2. The lowest BCUT2D eigenvalue weighted by molar-refractivity contribution is 0.0513. The molecule has 0 bridgehead atoms. The first-order chi connectivity index (χ1) is 6.70. The summed E-state index contributed by atoms with van der Waals surface area (Å²) < 4.78 is 18.1. The molecule has 5 heteroatoms. The third-order valence-corrected chi connectivity index (χ3v) is 1.67. The van der Waals surface area contributed by atoms with Crippen LogP contribution in [-0.2, 0) is 11.2 Å². The third kappa shape index (κ3) is 2.04. The molecule has 0 unspecified atom stereocenters. The predicted molar refractivity (Wildman–Crippen MR) is 47.3 cm³/mol. The summed E-state index contributed by atoms with van der Waals surface area (Å²) in [5.74, 6) is -1.43. The number of nitrogens with zero attached hydrogens (tertiary/aromatic N) is 2. The number of ether oxygens (including phenoxy) is 1. The zero-order valence-corrected chi connectivity index (χ0v) is 8.08. The summed E-state index contributed by atoms with van der Waals surface area (Å²) in [5, 5.41) is 0. The number of carbonyl (C=O) groups is 1. The molecule has 0 fully saturated rings. The van der Waals surface area contributed by atoms with Crippen molar-refractivity contribution in [3.8, 4) is 0 Å². The highest BCUT2D eigenvalue weighted by atomic mass is 19.1. The molecule has 1 aromatic rings. The number of rotatable bonds is 3. The van der Waals surface area contributed by atoms with Gasteiger partial charge < -0.3 is 4.74 Å². The Morgan fingerprint density at radius 3 is 2.79 bits per heavy atom. The topological polar surface area (TPSA) is 52.1 Å². The van der Waals surface area contributed by atoms with Crippen molar-refractivity contribution < 1.29 is 13.9 Å². The molecule has 0 aliphatic rings. The lowest BCUT2D eigenvalue weighted by atomic mass is 10.2. The first-order valence-corrected chi connectivity index (χ1v) is 4.37. The fourth-order valence-electron chi connectivity index (χ4n) is 0.995. The zero-order valence-electron chi connectivity index (χ0n) is 8.08. The van der Waals surface area contributed by atoms with Gasteiger partial charge in [-0.15, -0.1) is 0 Å². The monoisotopic (exact) mass is 198 g/mol. The molecule has 1 rings (SSSR count). The van der Waals surface area contributed by atoms with Crippen LogP contribution in [0.25, 0.3) is 0 Å². The maximum absolute atomic E-state index is 13.4. The van der Waals surface area contributed by atoms with E-state index in [1.54, 1.807) is 13.8 Å². The van der Waals surface area contributed by atoms with Gasteiger partial charge in [-0.1, -0.05) is 6.92 Å². The Labute approximate surface area is 81.1 Å². The second kappa shape index (κ2) is 4.64. The van der Waals surface area contributed by atoms with Crippen LogP contribution in [0, 0.1) is 5.82 Å². The minimum absolute atomic E-state index is 0.198. The minimum Gasteiger partial charge on any atom is -0.461 e. The summed E-state index contributed by atoms with van der Waals surface area (Å²) in [6.45, 7) is 3.60. The van der Waals surface area contributed by atoms with Crippen LogP contribution in [0.4, 0.5) is 4.39 Å². The Morgan fingerprint density at radius 2 is 2.21 bits per heavy atom. The smallest absolute Gasteiger partial charge is 0.360 e. The zero-order chi connectivity index (χ0) is 10.6. The van der Waals surface area contributed by atoms with Crippen molar-refractivity contribution in [2.24, 2.45) is 0 Å². The van der Waals surface area contributed by atoms with Crippen LogP contribution < -0.4 is 0 Å². The Morgan fingerprint density at radius 1 is 1.50 bits per heavy atom. The van der Waals surface area contributed by atoms with Gasteiger partial charge in [0, 0.05) is 0 Å². The summed E-state index contributed by atoms with van der Waals surface area (Å²) in [7, 11) is 0. The van der Waals surface area contributed by atoms with Gasteiger partial charge in [-0.05, 0) is 13.3 Å². The van der Waals surface area contributed by atoms with E-state index in [9.17, 15) is 9.18 Å². The van der Waals surface area contributed by atoms with Crippen LogP contribution in [0.2, 0.25) is 0 Å². The van der Waals surface area contributed by atoms with Gasteiger partial charge in [0.25, 0.3) is 0 Å². The van der Waals surface area contributed by atoms with Crippen molar-refractivity contribution in [1.29, 1.82) is 0 Å². The second-order valence-electron chi connectivity index (χ2n) is 2.56. The molecule has 0 N–H and O–H groups in total. The fraction of sp³-hybridized carbons (Fsp3) is 0.444. The first kappa shape index (κ1) is 10.6. The number of halogens is 1. The quantitative estimate of drug-likeness (QED) is 0.688. The van der Waals surface area contributed by atoms with Gasteiger partial charge in [0.1, 0.15) is 6.33 Å². The molecule has 1 aromatic heterocycles. The first-order valence-electron chi connectivity index (χ1n) is 4.37. The van der Waals surface area contributed by atoms with Crippen LogP contribution >= 0.6 is 0 Å². The van der Waals surface area contributed by atoms with Gasteiger partial charge in [0.05, 0.1) is 12.3 Å². The lowest BCUT2D eigenvalue weighted by Gasteiger charge is -2.03. The predicted octanol–water partition coefficient (Wildman–Crippen LogP) is 1.35. The van der Waals surface area contributed by atoms with E-state index in [0.29, 0.717) is 6.42 Å².